The molecule has 1 unspecified atom stereocenters. The highest BCUT2D eigenvalue weighted by atomic mass is 14.9. The molecule has 4 aromatic rings. The summed E-state index contributed by atoms with van der Waals surface area (Å²) in [6.07, 6.45) is 7.59. The number of benzene rings is 1. The molecule has 0 bridgehead atoms. The Labute approximate surface area is 133 Å². The summed E-state index contributed by atoms with van der Waals surface area (Å²) >= 11 is 0. The molecule has 3 aromatic heterocycles. The van der Waals surface area contributed by atoms with Crippen LogP contribution in [0.15, 0.2) is 67.3 Å². The molecule has 1 aliphatic heterocycles. The van der Waals surface area contributed by atoms with Gasteiger partial charge in [-0.15, -0.1) is 0 Å². The third-order valence-corrected chi connectivity index (χ3v) is 4.47. The summed E-state index contributed by atoms with van der Waals surface area (Å²) in [6, 6.07) is 14.7. The van der Waals surface area contributed by atoms with Crippen LogP contribution in [-0.4, -0.2) is 15.0 Å². The van der Waals surface area contributed by atoms with E-state index in [0.717, 1.165) is 11.3 Å². The van der Waals surface area contributed by atoms with Crippen LogP contribution in [0.4, 0.5) is 5.69 Å². The van der Waals surface area contributed by atoms with Crippen molar-refractivity contribution < 1.29 is 0 Å². The van der Waals surface area contributed by atoms with Crippen molar-refractivity contribution in [2.45, 2.75) is 6.04 Å². The number of pyridine rings is 2. The highest BCUT2D eigenvalue weighted by Gasteiger charge is 2.25. The van der Waals surface area contributed by atoms with Crippen molar-refractivity contribution in [3.05, 3.63) is 78.4 Å². The zero-order valence-corrected chi connectivity index (χ0v) is 12.3. The van der Waals surface area contributed by atoms with Gasteiger partial charge in [0.1, 0.15) is 5.65 Å². The van der Waals surface area contributed by atoms with Crippen LogP contribution < -0.4 is 5.32 Å². The van der Waals surface area contributed by atoms with Gasteiger partial charge in [0, 0.05) is 47.0 Å². The van der Waals surface area contributed by atoms with Gasteiger partial charge in [-0.3, -0.25) is 4.98 Å². The molecule has 4 nitrogen and oxygen atoms in total. The number of anilines is 1. The molecule has 0 saturated carbocycles. The fourth-order valence-electron chi connectivity index (χ4n) is 3.43. The largest absolute Gasteiger partial charge is 0.374 e. The summed E-state index contributed by atoms with van der Waals surface area (Å²) in [6.45, 7) is 0. The quantitative estimate of drug-likeness (QED) is 0.555. The molecular formula is C19H14N4. The van der Waals surface area contributed by atoms with E-state index in [-0.39, 0.29) is 6.04 Å². The molecule has 5 rings (SSSR count). The topological polar surface area (TPSA) is 53.6 Å². The summed E-state index contributed by atoms with van der Waals surface area (Å²) in [5.74, 6) is 0. The smallest absolute Gasteiger partial charge is 0.138 e. The highest BCUT2D eigenvalue weighted by Crippen LogP contribution is 2.43. The van der Waals surface area contributed by atoms with Crippen molar-refractivity contribution >= 4 is 16.7 Å². The number of H-pyrrole nitrogens is 1. The number of nitrogens with one attached hydrogen (secondary N) is 2. The summed E-state index contributed by atoms with van der Waals surface area (Å²) in [5, 5.41) is 4.88. The molecule has 1 aromatic carbocycles. The van der Waals surface area contributed by atoms with Gasteiger partial charge in [0.05, 0.1) is 6.04 Å². The second-order valence-electron chi connectivity index (χ2n) is 5.73. The number of para-hydroxylation sites is 1. The van der Waals surface area contributed by atoms with Gasteiger partial charge in [0.15, 0.2) is 0 Å². The molecule has 0 spiro atoms. The predicted molar refractivity (Wildman–Crippen MR) is 91.2 cm³/mol. The van der Waals surface area contributed by atoms with Crippen LogP contribution in [-0.2, 0) is 0 Å². The van der Waals surface area contributed by atoms with Crippen LogP contribution in [0, 0.1) is 0 Å². The van der Waals surface area contributed by atoms with Crippen molar-refractivity contribution in [3.63, 3.8) is 0 Å². The van der Waals surface area contributed by atoms with E-state index < -0.39 is 0 Å². The first-order valence-corrected chi connectivity index (χ1v) is 7.63. The highest BCUT2D eigenvalue weighted by molar-refractivity contribution is 6.01. The van der Waals surface area contributed by atoms with E-state index in [9.17, 15) is 0 Å². The first-order chi connectivity index (χ1) is 11.4. The standard InChI is InChI=1S/C19H14N4/c1-2-4-16-13(3-1)14-7-10-21-19-17(14)15(11-22-19)18(23-16)12-5-8-20-9-6-12/h1-11,18,23H,(H,21,22). The van der Waals surface area contributed by atoms with Crippen LogP contribution in [0.5, 0.6) is 0 Å². The van der Waals surface area contributed by atoms with E-state index >= 15 is 0 Å². The van der Waals surface area contributed by atoms with E-state index in [1.54, 1.807) is 0 Å². The Morgan fingerprint density at radius 1 is 0.870 bits per heavy atom. The lowest BCUT2D eigenvalue weighted by Crippen LogP contribution is -2.11. The van der Waals surface area contributed by atoms with Gasteiger partial charge in [-0.25, -0.2) is 4.98 Å². The van der Waals surface area contributed by atoms with E-state index in [2.05, 4.69) is 68.9 Å². The Morgan fingerprint density at radius 2 is 1.74 bits per heavy atom. The van der Waals surface area contributed by atoms with Gasteiger partial charge in [0.2, 0.25) is 0 Å². The van der Waals surface area contributed by atoms with Gasteiger partial charge < -0.3 is 10.3 Å². The molecule has 0 saturated heterocycles. The average Bonchev–Trinajstić information content (AvgIpc) is 2.98. The normalized spacial score (nSPS) is 15.7. The lowest BCUT2D eigenvalue weighted by molar-refractivity contribution is 0.947. The molecular weight excluding hydrogens is 284 g/mol. The number of nitrogens with zero attached hydrogens (tertiary/aromatic N) is 2. The first-order valence-electron chi connectivity index (χ1n) is 7.63. The second-order valence-corrected chi connectivity index (χ2v) is 5.73. The summed E-state index contributed by atoms with van der Waals surface area (Å²) in [7, 11) is 0. The first kappa shape index (κ1) is 12.4. The van der Waals surface area contributed by atoms with Crippen LogP contribution in [0.3, 0.4) is 0 Å². The number of aromatic amines is 1. The lowest BCUT2D eigenvalue weighted by atomic mass is 9.97. The molecule has 1 aliphatic rings. The Bertz CT molecular complexity index is 1000. The van der Waals surface area contributed by atoms with Gasteiger partial charge in [-0.1, -0.05) is 18.2 Å². The second kappa shape index (κ2) is 4.68. The number of hydrogen-bond acceptors (Lipinski definition) is 3. The maximum atomic E-state index is 4.49. The van der Waals surface area contributed by atoms with Crippen molar-refractivity contribution in [1.29, 1.82) is 0 Å². The van der Waals surface area contributed by atoms with E-state index in [4.69, 9.17) is 0 Å². The number of rotatable bonds is 1. The fraction of sp³-hybridized carbons (Fsp3) is 0.0526. The molecule has 0 fully saturated rings. The number of fused-ring (bicyclic) bond motifs is 2. The van der Waals surface area contributed by atoms with E-state index in [0.29, 0.717) is 0 Å². The summed E-state index contributed by atoms with van der Waals surface area (Å²) < 4.78 is 0. The Balaban J connectivity index is 1.87. The van der Waals surface area contributed by atoms with E-state index in [1.165, 1.54) is 27.6 Å². The molecule has 4 heterocycles. The maximum Gasteiger partial charge on any atom is 0.138 e. The number of hydrogen-bond donors (Lipinski definition) is 2. The molecule has 0 radical (unpaired) electrons. The van der Waals surface area contributed by atoms with Gasteiger partial charge >= 0.3 is 0 Å². The van der Waals surface area contributed by atoms with Crippen molar-refractivity contribution in [2.75, 3.05) is 5.32 Å². The lowest BCUT2D eigenvalue weighted by Gasteiger charge is -2.19. The fourth-order valence-corrected chi connectivity index (χ4v) is 3.43. The van der Waals surface area contributed by atoms with Crippen LogP contribution in [0.2, 0.25) is 0 Å². The summed E-state index contributed by atoms with van der Waals surface area (Å²) in [5.41, 5.74) is 6.88. The van der Waals surface area contributed by atoms with Gasteiger partial charge in [-0.05, 0) is 35.4 Å². The molecule has 4 heteroatoms. The average molecular weight is 298 g/mol. The zero-order valence-electron chi connectivity index (χ0n) is 12.3. The van der Waals surface area contributed by atoms with Crippen molar-refractivity contribution in [1.82, 2.24) is 15.0 Å². The summed E-state index contributed by atoms with van der Waals surface area (Å²) in [4.78, 5) is 11.9. The molecule has 0 amide bonds. The molecule has 0 aliphatic carbocycles. The van der Waals surface area contributed by atoms with Crippen LogP contribution in [0.25, 0.3) is 22.2 Å². The third-order valence-electron chi connectivity index (χ3n) is 4.47. The molecule has 23 heavy (non-hydrogen) atoms. The van der Waals surface area contributed by atoms with Crippen molar-refractivity contribution in [2.24, 2.45) is 0 Å². The molecule has 1 atom stereocenters. The van der Waals surface area contributed by atoms with Gasteiger partial charge in [0.25, 0.3) is 0 Å². The van der Waals surface area contributed by atoms with Gasteiger partial charge in [-0.2, -0.15) is 0 Å². The zero-order chi connectivity index (χ0) is 15.2. The monoisotopic (exact) mass is 298 g/mol. The molecule has 2 N–H and O–H groups in total. The minimum Gasteiger partial charge on any atom is -0.374 e. The van der Waals surface area contributed by atoms with E-state index in [1.807, 2.05) is 18.6 Å². The Kier molecular flexibility index (Phi) is 2.52. The Morgan fingerprint density at radius 3 is 2.65 bits per heavy atom. The maximum absolute atomic E-state index is 4.49. The Hall–Kier alpha value is -3.14. The SMILES string of the molecule is c1ccc2c(c1)NC(c1ccncc1)c1c[nH]c3nccc-2c13. The van der Waals surface area contributed by atoms with Crippen LogP contribution in [0.1, 0.15) is 17.2 Å². The van der Waals surface area contributed by atoms with Crippen LogP contribution >= 0.6 is 0 Å². The number of aromatic nitrogens is 3. The minimum atomic E-state index is 0.0679. The predicted octanol–water partition coefficient (Wildman–Crippen LogP) is 4.14. The minimum absolute atomic E-state index is 0.0679. The third kappa shape index (κ3) is 1.78. The molecule has 110 valence electrons. The van der Waals surface area contributed by atoms with Crippen molar-refractivity contribution in [3.8, 4) is 11.1 Å².